The molecule has 0 aliphatic heterocycles. The molecule has 25 heavy (non-hydrogen) atoms. The van der Waals surface area contributed by atoms with E-state index < -0.39 is 0 Å². The van der Waals surface area contributed by atoms with Gasteiger partial charge in [-0.3, -0.25) is 0 Å². The van der Waals surface area contributed by atoms with E-state index >= 15 is 0 Å². The van der Waals surface area contributed by atoms with Crippen LogP contribution in [0.15, 0.2) is 18.2 Å². The average Bonchev–Trinajstić information content (AvgIpc) is 2.95. The second-order valence-electron chi connectivity index (χ2n) is 8.09. The summed E-state index contributed by atoms with van der Waals surface area (Å²) in [6.45, 7) is 2.60. The largest absolute Gasteiger partial charge is 0.508 e. The Balaban J connectivity index is 1.69. The predicted octanol–water partition coefficient (Wildman–Crippen LogP) is 4.20. The standard InChI is InChI=1S/C21H28O3S/c1-2-24-20(25)11-13-10-18-16(7-8-19(18)23)17-5-3-12-9-14(22)4-6-15(12)21(13)17/h4,6,9,13,16-19,21-23H,2-3,5,7-8,10-11H2,1H3/t13-,16?,17?,18?,19+,21?/m1/s1. The van der Waals surface area contributed by atoms with Crippen LogP contribution in [0.5, 0.6) is 5.75 Å². The van der Waals surface area contributed by atoms with Crippen molar-refractivity contribution < 1.29 is 14.9 Å². The average molecular weight is 361 g/mol. The van der Waals surface area contributed by atoms with Gasteiger partial charge in [0.05, 0.1) is 12.7 Å². The number of phenolic OH excluding ortho intramolecular Hbond substituents is 1. The number of benzene rings is 1. The first-order valence-electron chi connectivity index (χ1n) is 9.74. The van der Waals surface area contributed by atoms with Gasteiger partial charge >= 0.3 is 0 Å². The molecule has 4 unspecified atom stereocenters. The maximum absolute atomic E-state index is 10.5. The van der Waals surface area contributed by atoms with Crippen molar-refractivity contribution in [1.29, 1.82) is 0 Å². The molecule has 136 valence electrons. The summed E-state index contributed by atoms with van der Waals surface area (Å²) in [5.74, 6) is 2.97. The molecule has 2 fully saturated rings. The molecule has 1 aromatic rings. The van der Waals surface area contributed by atoms with E-state index in [2.05, 4.69) is 6.07 Å². The third-order valence-corrected chi connectivity index (χ3v) is 7.19. The Morgan fingerprint density at radius 2 is 2.04 bits per heavy atom. The van der Waals surface area contributed by atoms with Crippen molar-refractivity contribution in [2.75, 3.05) is 6.61 Å². The Labute approximate surface area is 155 Å². The Morgan fingerprint density at radius 3 is 2.84 bits per heavy atom. The maximum Gasteiger partial charge on any atom is 0.159 e. The van der Waals surface area contributed by atoms with Crippen LogP contribution in [0.2, 0.25) is 0 Å². The minimum Gasteiger partial charge on any atom is -0.508 e. The van der Waals surface area contributed by atoms with Crippen LogP contribution in [0.25, 0.3) is 0 Å². The van der Waals surface area contributed by atoms with Gasteiger partial charge in [0.1, 0.15) is 5.75 Å². The molecule has 0 aromatic heterocycles. The van der Waals surface area contributed by atoms with Crippen molar-refractivity contribution in [3.63, 3.8) is 0 Å². The zero-order valence-corrected chi connectivity index (χ0v) is 15.7. The highest BCUT2D eigenvalue weighted by atomic mass is 32.1. The van der Waals surface area contributed by atoms with Crippen LogP contribution in [0.4, 0.5) is 0 Å². The van der Waals surface area contributed by atoms with E-state index in [1.54, 1.807) is 0 Å². The number of aliphatic hydroxyl groups is 1. The molecular formula is C21H28O3S. The second kappa shape index (κ2) is 6.88. The molecule has 0 radical (unpaired) electrons. The second-order valence-corrected chi connectivity index (χ2v) is 8.54. The van der Waals surface area contributed by atoms with E-state index in [4.69, 9.17) is 17.0 Å². The van der Waals surface area contributed by atoms with Gasteiger partial charge in [-0.1, -0.05) is 6.07 Å². The molecule has 0 saturated heterocycles. The lowest BCUT2D eigenvalue weighted by molar-refractivity contribution is 0.0267. The lowest BCUT2D eigenvalue weighted by Gasteiger charge is -2.49. The van der Waals surface area contributed by atoms with Gasteiger partial charge in [-0.2, -0.15) is 0 Å². The van der Waals surface area contributed by atoms with Crippen molar-refractivity contribution in [3.8, 4) is 5.75 Å². The van der Waals surface area contributed by atoms with Crippen molar-refractivity contribution >= 4 is 17.3 Å². The summed E-state index contributed by atoms with van der Waals surface area (Å²) in [7, 11) is 0. The Bertz CT molecular complexity index is 659. The summed E-state index contributed by atoms with van der Waals surface area (Å²) in [5.41, 5.74) is 2.70. The molecule has 6 atom stereocenters. The van der Waals surface area contributed by atoms with E-state index in [1.807, 2.05) is 19.1 Å². The van der Waals surface area contributed by atoms with Crippen LogP contribution in [-0.2, 0) is 11.2 Å². The third-order valence-electron chi connectivity index (χ3n) is 6.90. The van der Waals surface area contributed by atoms with Crippen molar-refractivity contribution in [1.82, 2.24) is 0 Å². The Kier molecular flexibility index (Phi) is 4.76. The van der Waals surface area contributed by atoms with Gasteiger partial charge in [-0.25, -0.2) is 0 Å². The van der Waals surface area contributed by atoms with Crippen molar-refractivity contribution in [2.24, 2.45) is 23.7 Å². The van der Waals surface area contributed by atoms with Crippen LogP contribution >= 0.6 is 12.2 Å². The highest BCUT2D eigenvalue weighted by molar-refractivity contribution is 7.80. The quantitative estimate of drug-likeness (QED) is 0.793. The van der Waals surface area contributed by atoms with E-state index in [0.717, 1.165) is 38.5 Å². The summed E-state index contributed by atoms with van der Waals surface area (Å²) in [5, 5.41) is 21.1. The first kappa shape index (κ1) is 17.3. The summed E-state index contributed by atoms with van der Waals surface area (Å²) < 4.78 is 5.60. The number of aliphatic hydroxyl groups excluding tert-OH is 1. The number of hydrogen-bond acceptors (Lipinski definition) is 4. The number of ether oxygens (including phenoxy) is 1. The van der Waals surface area contributed by atoms with Crippen LogP contribution in [-0.4, -0.2) is 28.0 Å². The molecule has 0 bridgehead atoms. The molecule has 3 aliphatic carbocycles. The van der Waals surface area contributed by atoms with Gasteiger partial charge < -0.3 is 14.9 Å². The fourth-order valence-corrected chi connectivity index (χ4v) is 6.36. The lowest BCUT2D eigenvalue weighted by atomic mass is 9.56. The molecule has 2 N–H and O–H groups in total. The summed E-state index contributed by atoms with van der Waals surface area (Å²) >= 11 is 5.47. The molecule has 4 heteroatoms. The van der Waals surface area contributed by atoms with Crippen molar-refractivity contribution in [3.05, 3.63) is 29.3 Å². The van der Waals surface area contributed by atoms with Crippen LogP contribution in [0, 0.1) is 23.7 Å². The van der Waals surface area contributed by atoms with E-state index in [1.165, 1.54) is 11.1 Å². The fraction of sp³-hybridized carbons (Fsp3) is 0.667. The zero-order chi connectivity index (χ0) is 17.6. The maximum atomic E-state index is 10.5. The van der Waals surface area contributed by atoms with Gasteiger partial charge in [0.2, 0.25) is 0 Å². The summed E-state index contributed by atoms with van der Waals surface area (Å²) in [4.78, 5) is 0. The fourth-order valence-electron chi connectivity index (χ4n) is 6.03. The number of phenols is 1. The number of thiocarbonyl (C=S) groups is 1. The molecule has 1 aromatic carbocycles. The summed E-state index contributed by atoms with van der Waals surface area (Å²) in [6.07, 6.45) is 6.00. The van der Waals surface area contributed by atoms with E-state index in [9.17, 15) is 10.2 Å². The van der Waals surface area contributed by atoms with Crippen LogP contribution in [0.3, 0.4) is 0 Å². The molecule has 3 aliphatic rings. The first-order valence-corrected chi connectivity index (χ1v) is 10.1. The van der Waals surface area contributed by atoms with Gasteiger partial charge in [-0.05, 0) is 104 Å². The molecule has 0 amide bonds. The van der Waals surface area contributed by atoms with Gasteiger partial charge in [0, 0.05) is 6.42 Å². The highest BCUT2D eigenvalue weighted by Crippen LogP contribution is 2.58. The number of hydrogen-bond donors (Lipinski definition) is 2. The van der Waals surface area contributed by atoms with E-state index in [0.29, 0.717) is 47.0 Å². The molecule has 0 heterocycles. The topological polar surface area (TPSA) is 49.7 Å². The van der Waals surface area contributed by atoms with Gasteiger partial charge in [0.25, 0.3) is 0 Å². The van der Waals surface area contributed by atoms with Crippen LogP contribution in [0.1, 0.15) is 56.1 Å². The molecule has 2 saturated carbocycles. The third kappa shape index (κ3) is 3.08. The highest BCUT2D eigenvalue weighted by Gasteiger charge is 2.51. The molecule has 3 nitrogen and oxygen atoms in total. The van der Waals surface area contributed by atoms with Crippen LogP contribution < -0.4 is 0 Å². The first-order chi connectivity index (χ1) is 12.1. The number of aromatic hydroxyl groups is 1. The van der Waals surface area contributed by atoms with Gasteiger partial charge in [-0.15, -0.1) is 0 Å². The molecular weight excluding hydrogens is 332 g/mol. The molecule has 4 rings (SSSR count). The smallest absolute Gasteiger partial charge is 0.159 e. The molecule has 0 spiro atoms. The zero-order valence-electron chi connectivity index (χ0n) is 14.9. The minimum atomic E-state index is -0.143. The SMILES string of the molecule is CCOC(=S)C[C@H]1CC2C(CC[C@@H]2O)C2CCc3cc(O)ccc3C21. The summed E-state index contributed by atoms with van der Waals surface area (Å²) in [6, 6.07) is 5.90. The van der Waals surface area contributed by atoms with Gasteiger partial charge in [0.15, 0.2) is 5.05 Å². The Morgan fingerprint density at radius 1 is 1.20 bits per heavy atom. The minimum absolute atomic E-state index is 0.143. The number of aryl methyl sites for hydroxylation is 1. The lowest BCUT2D eigenvalue weighted by Crippen LogP contribution is -2.42. The number of fused-ring (bicyclic) bond motifs is 5. The number of rotatable bonds is 3. The van der Waals surface area contributed by atoms with Crippen molar-refractivity contribution in [2.45, 2.75) is 57.5 Å². The Hall–Kier alpha value is -1.13. The monoisotopic (exact) mass is 360 g/mol. The van der Waals surface area contributed by atoms with E-state index in [-0.39, 0.29) is 6.10 Å². The normalized spacial score (nSPS) is 36.2. The predicted molar refractivity (Wildman–Crippen MR) is 102 cm³/mol.